The number of nitrogens with zero attached hydrogens (tertiary/aromatic N) is 4. The number of rotatable bonds is 4. The standard InChI is InChI=1S/C19H20N4O3S/c1-12-10-16-20-21-19(23(16)15-5-3-2-4-14(12)15)27-11-17(24)22-8-6-13(7-9-22)18(25)26/h2-5,10,13H,6-9,11H2,1H3,(H,25,26)/p-1. The number of carboxylic acid groups (broad SMARTS) is 1. The van der Waals surface area contributed by atoms with Gasteiger partial charge in [0.25, 0.3) is 0 Å². The molecule has 140 valence electrons. The number of carbonyl (C=O) groups is 2. The third kappa shape index (κ3) is 3.37. The molecule has 1 aliphatic rings. The molecule has 27 heavy (non-hydrogen) atoms. The molecule has 1 amide bonds. The molecule has 8 heteroatoms. The number of para-hydroxylation sites is 1. The molecule has 0 unspecified atom stereocenters. The summed E-state index contributed by atoms with van der Waals surface area (Å²) in [6.07, 6.45) is 0.910. The third-order valence-electron chi connectivity index (χ3n) is 5.08. The van der Waals surface area contributed by atoms with E-state index in [-0.39, 0.29) is 11.7 Å². The quantitative estimate of drug-likeness (QED) is 0.630. The summed E-state index contributed by atoms with van der Waals surface area (Å²) >= 11 is 1.36. The Kier molecular flexibility index (Phi) is 4.73. The summed E-state index contributed by atoms with van der Waals surface area (Å²) in [5.41, 5.74) is 2.91. The van der Waals surface area contributed by atoms with Crippen molar-refractivity contribution in [3.8, 4) is 0 Å². The molecule has 4 rings (SSSR count). The minimum absolute atomic E-state index is 0.00929. The van der Waals surface area contributed by atoms with Crippen LogP contribution in [0, 0.1) is 12.8 Å². The van der Waals surface area contributed by atoms with E-state index in [2.05, 4.69) is 16.3 Å². The first-order valence-electron chi connectivity index (χ1n) is 8.89. The van der Waals surface area contributed by atoms with Crippen molar-refractivity contribution >= 4 is 40.2 Å². The van der Waals surface area contributed by atoms with Gasteiger partial charge in [0, 0.05) is 30.4 Å². The van der Waals surface area contributed by atoms with E-state index in [0.717, 1.165) is 22.1 Å². The molecule has 3 heterocycles. The van der Waals surface area contributed by atoms with Crippen LogP contribution in [0.25, 0.3) is 16.6 Å². The van der Waals surface area contributed by atoms with Crippen molar-refractivity contribution in [2.45, 2.75) is 24.9 Å². The van der Waals surface area contributed by atoms with E-state index >= 15 is 0 Å². The molecule has 2 aromatic heterocycles. The Bertz CT molecular complexity index is 1020. The molecular weight excluding hydrogens is 364 g/mol. The van der Waals surface area contributed by atoms with Crippen molar-refractivity contribution in [3.63, 3.8) is 0 Å². The fraction of sp³-hybridized carbons (Fsp3) is 0.368. The fourth-order valence-corrected chi connectivity index (χ4v) is 4.41. The summed E-state index contributed by atoms with van der Waals surface area (Å²) in [7, 11) is 0. The smallest absolute Gasteiger partial charge is 0.233 e. The van der Waals surface area contributed by atoms with Crippen molar-refractivity contribution in [1.82, 2.24) is 19.5 Å². The second kappa shape index (κ2) is 7.19. The molecule has 0 spiro atoms. The van der Waals surface area contributed by atoms with Crippen LogP contribution >= 0.6 is 11.8 Å². The van der Waals surface area contributed by atoms with E-state index in [1.807, 2.05) is 35.6 Å². The highest BCUT2D eigenvalue weighted by Gasteiger charge is 2.24. The highest BCUT2D eigenvalue weighted by atomic mass is 32.2. The molecule has 0 bridgehead atoms. The maximum absolute atomic E-state index is 12.5. The second-order valence-electron chi connectivity index (χ2n) is 6.78. The van der Waals surface area contributed by atoms with Gasteiger partial charge in [0.2, 0.25) is 5.91 Å². The molecule has 1 fully saturated rings. The molecule has 0 aliphatic carbocycles. The number of likely N-dealkylation sites (tertiary alicyclic amines) is 1. The van der Waals surface area contributed by atoms with Crippen molar-refractivity contribution in [3.05, 3.63) is 35.9 Å². The lowest BCUT2D eigenvalue weighted by atomic mass is 9.97. The number of benzene rings is 1. The molecular formula is C19H19N4O3S-. The van der Waals surface area contributed by atoms with E-state index in [0.29, 0.717) is 31.1 Å². The van der Waals surface area contributed by atoms with Gasteiger partial charge >= 0.3 is 0 Å². The van der Waals surface area contributed by atoms with Gasteiger partial charge in [-0.25, -0.2) is 0 Å². The average molecular weight is 383 g/mol. The summed E-state index contributed by atoms with van der Waals surface area (Å²) in [5.74, 6) is -1.23. The number of aryl methyl sites for hydroxylation is 1. The second-order valence-corrected chi connectivity index (χ2v) is 7.73. The number of carboxylic acids is 1. The normalized spacial score (nSPS) is 15.5. The van der Waals surface area contributed by atoms with Crippen molar-refractivity contribution in [1.29, 1.82) is 0 Å². The van der Waals surface area contributed by atoms with Gasteiger partial charge in [-0.1, -0.05) is 30.0 Å². The Morgan fingerprint density at radius 3 is 2.70 bits per heavy atom. The van der Waals surface area contributed by atoms with E-state index in [1.165, 1.54) is 11.8 Å². The Labute approximate surface area is 160 Å². The lowest BCUT2D eigenvalue weighted by Gasteiger charge is -2.32. The van der Waals surface area contributed by atoms with Crippen molar-refractivity contribution in [2.75, 3.05) is 18.8 Å². The van der Waals surface area contributed by atoms with Crippen LogP contribution in [0.1, 0.15) is 18.4 Å². The molecule has 0 saturated carbocycles. The van der Waals surface area contributed by atoms with Crippen LogP contribution < -0.4 is 5.11 Å². The molecule has 0 radical (unpaired) electrons. The van der Waals surface area contributed by atoms with Crippen LogP contribution in [0.4, 0.5) is 0 Å². The van der Waals surface area contributed by atoms with Crippen LogP contribution in [0.5, 0.6) is 0 Å². The predicted octanol–water partition coefficient (Wildman–Crippen LogP) is 1.27. The molecule has 0 N–H and O–H groups in total. The largest absolute Gasteiger partial charge is 0.550 e. The van der Waals surface area contributed by atoms with Gasteiger partial charge in [0.05, 0.1) is 11.3 Å². The summed E-state index contributed by atoms with van der Waals surface area (Å²) in [6.45, 7) is 2.96. The molecule has 3 aromatic rings. The zero-order chi connectivity index (χ0) is 19.0. The summed E-state index contributed by atoms with van der Waals surface area (Å²) in [5, 5.41) is 21.2. The molecule has 1 aliphatic heterocycles. The summed E-state index contributed by atoms with van der Waals surface area (Å²) in [4.78, 5) is 25.2. The third-order valence-corrected chi connectivity index (χ3v) is 5.99. The van der Waals surface area contributed by atoms with Crippen molar-refractivity contribution < 1.29 is 14.7 Å². The highest BCUT2D eigenvalue weighted by Crippen LogP contribution is 2.26. The maximum Gasteiger partial charge on any atom is 0.233 e. The monoisotopic (exact) mass is 383 g/mol. The average Bonchev–Trinajstić information content (AvgIpc) is 3.09. The lowest BCUT2D eigenvalue weighted by molar-refractivity contribution is -0.312. The molecule has 7 nitrogen and oxygen atoms in total. The first-order valence-corrected chi connectivity index (χ1v) is 9.88. The first-order chi connectivity index (χ1) is 13.0. The summed E-state index contributed by atoms with van der Waals surface area (Å²) < 4.78 is 1.97. The number of thioether (sulfide) groups is 1. The van der Waals surface area contributed by atoms with Gasteiger partial charge in [0.15, 0.2) is 10.8 Å². The van der Waals surface area contributed by atoms with Gasteiger partial charge in [-0.3, -0.25) is 9.20 Å². The van der Waals surface area contributed by atoms with E-state index in [9.17, 15) is 14.7 Å². The van der Waals surface area contributed by atoms with Crippen LogP contribution in [0.3, 0.4) is 0 Å². The van der Waals surface area contributed by atoms with E-state index in [4.69, 9.17) is 0 Å². The maximum atomic E-state index is 12.5. The van der Waals surface area contributed by atoms with E-state index in [1.54, 1.807) is 4.90 Å². The van der Waals surface area contributed by atoms with Gasteiger partial charge in [-0.15, -0.1) is 10.2 Å². The summed E-state index contributed by atoms with van der Waals surface area (Å²) in [6, 6.07) is 10.0. The number of hydrogen-bond donors (Lipinski definition) is 0. The van der Waals surface area contributed by atoms with Gasteiger partial charge in [-0.05, 0) is 37.5 Å². The highest BCUT2D eigenvalue weighted by molar-refractivity contribution is 7.99. The van der Waals surface area contributed by atoms with E-state index < -0.39 is 11.9 Å². The minimum Gasteiger partial charge on any atom is -0.550 e. The number of aliphatic carboxylic acids is 1. The number of aromatic nitrogens is 3. The van der Waals surface area contributed by atoms with Crippen LogP contribution in [0.2, 0.25) is 0 Å². The van der Waals surface area contributed by atoms with Crippen molar-refractivity contribution in [2.24, 2.45) is 5.92 Å². The Morgan fingerprint density at radius 2 is 1.96 bits per heavy atom. The van der Waals surface area contributed by atoms with Gasteiger partial charge < -0.3 is 14.8 Å². The van der Waals surface area contributed by atoms with Gasteiger partial charge in [-0.2, -0.15) is 0 Å². The number of amides is 1. The number of fused-ring (bicyclic) bond motifs is 3. The lowest BCUT2D eigenvalue weighted by Crippen LogP contribution is -2.44. The number of hydrogen-bond acceptors (Lipinski definition) is 6. The Morgan fingerprint density at radius 1 is 1.22 bits per heavy atom. The van der Waals surface area contributed by atoms with Crippen LogP contribution in [-0.4, -0.2) is 50.2 Å². The number of carbonyl (C=O) groups excluding carboxylic acids is 2. The Balaban J connectivity index is 1.51. The first kappa shape index (κ1) is 17.8. The fourth-order valence-electron chi connectivity index (χ4n) is 3.55. The zero-order valence-corrected chi connectivity index (χ0v) is 15.7. The molecule has 1 aromatic carbocycles. The zero-order valence-electron chi connectivity index (χ0n) is 14.9. The van der Waals surface area contributed by atoms with Crippen LogP contribution in [0.15, 0.2) is 35.5 Å². The Hall–Kier alpha value is -2.61. The SMILES string of the molecule is Cc1cc2nnc(SCC(=O)N3CCC(C(=O)[O-])CC3)n2c2ccccc12. The number of pyridine rings is 1. The molecule has 1 saturated heterocycles. The number of piperidine rings is 1. The minimum atomic E-state index is -1.02. The predicted molar refractivity (Wildman–Crippen MR) is 100 cm³/mol. The van der Waals surface area contributed by atoms with Crippen LogP contribution in [-0.2, 0) is 9.59 Å². The topological polar surface area (TPSA) is 90.6 Å². The van der Waals surface area contributed by atoms with Gasteiger partial charge in [0.1, 0.15) is 0 Å². The molecule has 0 atom stereocenters.